The fraction of sp³-hybridized carbons (Fsp3) is 0.263. The highest BCUT2D eigenvalue weighted by Gasteiger charge is 2.12. The van der Waals surface area contributed by atoms with Crippen molar-refractivity contribution in [3.8, 4) is 0 Å². The molecular weight excluding hydrogens is 292 g/mol. The molecule has 0 saturated heterocycles. The van der Waals surface area contributed by atoms with E-state index in [9.17, 15) is 9.59 Å². The molecule has 0 aliphatic heterocycles. The van der Waals surface area contributed by atoms with Crippen LogP contribution in [0.4, 0.5) is 0 Å². The molecule has 0 amide bonds. The van der Waals surface area contributed by atoms with Gasteiger partial charge in [0.05, 0.1) is 24.3 Å². The molecule has 2 aromatic carbocycles. The average molecular weight is 312 g/mol. The van der Waals surface area contributed by atoms with Crippen LogP contribution in [-0.2, 0) is 15.9 Å². The van der Waals surface area contributed by atoms with Crippen molar-refractivity contribution in [3.05, 3.63) is 70.8 Å². The first kappa shape index (κ1) is 16.7. The number of carbonyl (C=O) groups excluding carboxylic acids is 2. The van der Waals surface area contributed by atoms with Gasteiger partial charge in [0.15, 0.2) is 0 Å². The topological polar surface area (TPSA) is 52.6 Å². The summed E-state index contributed by atoms with van der Waals surface area (Å²) >= 11 is 0. The maximum Gasteiger partial charge on any atom is 0.338 e. The van der Waals surface area contributed by atoms with Gasteiger partial charge in [0.25, 0.3) is 0 Å². The van der Waals surface area contributed by atoms with Crippen molar-refractivity contribution in [1.82, 2.24) is 0 Å². The molecule has 0 saturated carbocycles. The molecular formula is C19H20O4. The lowest BCUT2D eigenvalue weighted by atomic mass is 9.99. The van der Waals surface area contributed by atoms with Gasteiger partial charge in [-0.1, -0.05) is 30.3 Å². The second kappa shape index (κ2) is 8.13. The summed E-state index contributed by atoms with van der Waals surface area (Å²) in [6.07, 6.45) is 0.595. The summed E-state index contributed by atoms with van der Waals surface area (Å²) in [5.41, 5.74) is 3.00. The molecule has 120 valence electrons. The molecule has 4 heteroatoms. The molecule has 0 heterocycles. The standard InChI is InChI=1S/C19H20O4/c1-3-22-18(20)15-11-9-14(10-12-15)13-16-7-5-6-8-17(16)19(21)23-4-2/h5-12H,3-4,13H2,1-2H3. The summed E-state index contributed by atoms with van der Waals surface area (Å²) in [6.45, 7) is 4.27. The van der Waals surface area contributed by atoms with Gasteiger partial charge >= 0.3 is 11.9 Å². The first-order valence-corrected chi connectivity index (χ1v) is 7.66. The highest BCUT2D eigenvalue weighted by molar-refractivity contribution is 5.91. The third kappa shape index (κ3) is 4.42. The highest BCUT2D eigenvalue weighted by Crippen LogP contribution is 2.16. The molecule has 2 aromatic rings. The van der Waals surface area contributed by atoms with Crippen LogP contribution in [0.15, 0.2) is 48.5 Å². The van der Waals surface area contributed by atoms with Gasteiger partial charge in [0, 0.05) is 0 Å². The van der Waals surface area contributed by atoms with Crippen molar-refractivity contribution in [2.45, 2.75) is 20.3 Å². The van der Waals surface area contributed by atoms with Crippen LogP contribution in [-0.4, -0.2) is 25.2 Å². The van der Waals surface area contributed by atoms with Gasteiger partial charge in [0.2, 0.25) is 0 Å². The van der Waals surface area contributed by atoms with E-state index in [-0.39, 0.29) is 11.9 Å². The molecule has 0 aromatic heterocycles. The van der Waals surface area contributed by atoms with Gasteiger partial charge in [-0.3, -0.25) is 0 Å². The SMILES string of the molecule is CCOC(=O)c1ccc(Cc2ccccc2C(=O)OCC)cc1. The van der Waals surface area contributed by atoms with E-state index in [1.807, 2.05) is 30.3 Å². The Balaban J connectivity index is 2.16. The van der Waals surface area contributed by atoms with Crippen molar-refractivity contribution in [3.63, 3.8) is 0 Å². The predicted molar refractivity (Wildman–Crippen MR) is 87.6 cm³/mol. The Hall–Kier alpha value is -2.62. The molecule has 0 unspecified atom stereocenters. The van der Waals surface area contributed by atoms with Crippen molar-refractivity contribution >= 4 is 11.9 Å². The molecule has 0 bridgehead atoms. The van der Waals surface area contributed by atoms with Crippen LogP contribution in [0.1, 0.15) is 45.7 Å². The molecule has 0 N–H and O–H groups in total. The number of hydrogen-bond acceptors (Lipinski definition) is 4. The summed E-state index contributed by atoms with van der Waals surface area (Å²) in [5.74, 6) is -0.641. The fourth-order valence-electron chi connectivity index (χ4n) is 2.28. The number of carbonyl (C=O) groups is 2. The Morgan fingerprint density at radius 2 is 1.43 bits per heavy atom. The molecule has 4 nitrogen and oxygen atoms in total. The summed E-state index contributed by atoms with van der Waals surface area (Å²) in [7, 11) is 0. The van der Waals surface area contributed by atoms with Crippen LogP contribution in [0, 0.1) is 0 Å². The van der Waals surface area contributed by atoms with Crippen LogP contribution >= 0.6 is 0 Å². The van der Waals surface area contributed by atoms with Crippen LogP contribution in [0.3, 0.4) is 0 Å². The monoisotopic (exact) mass is 312 g/mol. The minimum Gasteiger partial charge on any atom is -0.462 e. The third-order valence-electron chi connectivity index (χ3n) is 3.37. The fourth-order valence-corrected chi connectivity index (χ4v) is 2.28. The van der Waals surface area contributed by atoms with Crippen molar-refractivity contribution in [2.24, 2.45) is 0 Å². The lowest BCUT2D eigenvalue weighted by molar-refractivity contribution is 0.0516. The van der Waals surface area contributed by atoms with Gasteiger partial charge < -0.3 is 9.47 Å². The lowest BCUT2D eigenvalue weighted by Gasteiger charge is -2.09. The van der Waals surface area contributed by atoms with Crippen LogP contribution in [0.5, 0.6) is 0 Å². The van der Waals surface area contributed by atoms with Gasteiger partial charge in [-0.2, -0.15) is 0 Å². The molecule has 0 aliphatic rings. The van der Waals surface area contributed by atoms with Crippen molar-refractivity contribution < 1.29 is 19.1 Å². The first-order chi connectivity index (χ1) is 11.2. The Labute approximate surface area is 136 Å². The average Bonchev–Trinajstić information content (AvgIpc) is 2.56. The summed E-state index contributed by atoms with van der Waals surface area (Å²) in [6, 6.07) is 14.6. The van der Waals surface area contributed by atoms with E-state index in [1.165, 1.54) is 0 Å². The first-order valence-electron chi connectivity index (χ1n) is 7.66. The second-order valence-electron chi connectivity index (χ2n) is 4.97. The van der Waals surface area contributed by atoms with E-state index in [4.69, 9.17) is 9.47 Å². The number of esters is 2. The molecule has 0 aliphatic carbocycles. The van der Waals surface area contributed by atoms with Gasteiger partial charge in [0.1, 0.15) is 0 Å². The normalized spacial score (nSPS) is 10.2. The zero-order valence-corrected chi connectivity index (χ0v) is 13.4. The Kier molecular flexibility index (Phi) is 5.92. The number of ether oxygens (including phenoxy) is 2. The molecule has 0 spiro atoms. The molecule has 0 radical (unpaired) electrons. The van der Waals surface area contributed by atoms with Crippen LogP contribution in [0.25, 0.3) is 0 Å². The molecule has 2 rings (SSSR count). The van der Waals surface area contributed by atoms with E-state index in [2.05, 4.69) is 0 Å². The summed E-state index contributed by atoms with van der Waals surface area (Å²) in [4.78, 5) is 23.6. The maximum atomic E-state index is 12.0. The largest absolute Gasteiger partial charge is 0.462 e. The minimum absolute atomic E-state index is 0.314. The number of benzene rings is 2. The van der Waals surface area contributed by atoms with E-state index in [0.29, 0.717) is 30.8 Å². The quantitative estimate of drug-likeness (QED) is 0.764. The lowest BCUT2D eigenvalue weighted by Crippen LogP contribution is -2.08. The highest BCUT2D eigenvalue weighted by atomic mass is 16.5. The smallest absolute Gasteiger partial charge is 0.338 e. The number of rotatable bonds is 6. The number of hydrogen-bond donors (Lipinski definition) is 0. The third-order valence-corrected chi connectivity index (χ3v) is 3.37. The van der Waals surface area contributed by atoms with Crippen molar-refractivity contribution in [2.75, 3.05) is 13.2 Å². The second-order valence-corrected chi connectivity index (χ2v) is 4.97. The van der Waals surface area contributed by atoms with E-state index < -0.39 is 0 Å². The molecule has 0 fully saturated rings. The zero-order chi connectivity index (χ0) is 16.7. The zero-order valence-electron chi connectivity index (χ0n) is 13.4. The van der Waals surface area contributed by atoms with Gasteiger partial charge in [-0.15, -0.1) is 0 Å². The summed E-state index contributed by atoms with van der Waals surface area (Å²) < 4.78 is 10.0. The van der Waals surface area contributed by atoms with Gasteiger partial charge in [-0.05, 0) is 49.6 Å². The van der Waals surface area contributed by atoms with Crippen LogP contribution < -0.4 is 0 Å². The summed E-state index contributed by atoms with van der Waals surface area (Å²) in [5, 5.41) is 0. The van der Waals surface area contributed by atoms with E-state index in [0.717, 1.165) is 11.1 Å². The predicted octanol–water partition coefficient (Wildman–Crippen LogP) is 3.63. The van der Waals surface area contributed by atoms with Crippen molar-refractivity contribution in [1.29, 1.82) is 0 Å². The Morgan fingerprint density at radius 1 is 0.826 bits per heavy atom. The van der Waals surface area contributed by atoms with Crippen LogP contribution in [0.2, 0.25) is 0 Å². The maximum absolute atomic E-state index is 12.0. The molecule has 0 atom stereocenters. The van der Waals surface area contributed by atoms with E-state index in [1.54, 1.807) is 32.0 Å². The van der Waals surface area contributed by atoms with Gasteiger partial charge in [-0.25, -0.2) is 9.59 Å². The Morgan fingerprint density at radius 3 is 2.09 bits per heavy atom. The minimum atomic E-state index is -0.328. The Bertz CT molecular complexity index is 674. The van der Waals surface area contributed by atoms with E-state index >= 15 is 0 Å². The molecule has 23 heavy (non-hydrogen) atoms.